The van der Waals surface area contributed by atoms with Gasteiger partial charge in [-0.25, -0.2) is 17.5 Å². The summed E-state index contributed by atoms with van der Waals surface area (Å²) in [4.78, 5) is 0.0978. The highest BCUT2D eigenvalue weighted by atomic mass is 35.5. The zero-order valence-electron chi connectivity index (χ0n) is 9.70. The smallest absolute Gasteiger partial charge is 0.211 e. The van der Waals surface area contributed by atoms with Gasteiger partial charge in [-0.2, -0.15) is 0 Å². The molecular formula is C11H15ClFNO2S. The summed E-state index contributed by atoms with van der Waals surface area (Å²) in [7, 11) is -3.59. The molecule has 1 atom stereocenters. The number of benzene rings is 1. The summed E-state index contributed by atoms with van der Waals surface area (Å²) in [6.07, 6.45) is 0. The van der Waals surface area contributed by atoms with E-state index in [1.165, 1.54) is 12.1 Å². The SMILES string of the molecule is Cc1cc(F)ccc1S(=O)(=O)NCC(C)CCl. The van der Waals surface area contributed by atoms with Crippen LogP contribution < -0.4 is 4.72 Å². The Hall–Kier alpha value is -0.650. The molecule has 1 aromatic carbocycles. The van der Waals surface area contributed by atoms with Crippen molar-refractivity contribution >= 4 is 21.6 Å². The molecule has 0 aliphatic rings. The molecule has 0 bridgehead atoms. The van der Waals surface area contributed by atoms with Crippen molar-refractivity contribution in [3.8, 4) is 0 Å². The van der Waals surface area contributed by atoms with E-state index in [4.69, 9.17) is 11.6 Å². The first-order chi connectivity index (χ1) is 7.86. The van der Waals surface area contributed by atoms with E-state index in [1.807, 2.05) is 6.92 Å². The number of sulfonamides is 1. The molecule has 0 heterocycles. The van der Waals surface area contributed by atoms with Crippen LogP contribution in [0.1, 0.15) is 12.5 Å². The van der Waals surface area contributed by atoms with Crippen molar-refractivity contribution in [2.24, 2.45) is 5.92 Å². The first kappa shape index (κ1) is 14.4. The van der Waals surface area contributed by atoms with Crippen LogP contribution >= 0.6 is 11.6 Å². The number of halogens is 2. The third-order valence-corrected chi connectivity index (χ3v) is 4.42. The molecule has 3 nitrogen and oxygen atoms in total. The number of rotatable bonds is 5. The maximum absolute atomic E-state index is 12.9. The summed E-state index contributed by atoms with van der Waals surface area (Å²) in [5.41, 5.74) is 0.385. The van der Waals surface area contributed by atoms with E-state index in [1.54, 1.807) is 6.92 Å². The molecule has 17 heavy (non-hydrogen) atoms. The van der Waals surface area contributed by atoms with Crippen LogP contribution in [0.3, 0.4) is 0 Å². The van der Waals surface area contributed by atoms with Gasteiger partial charge in [-0.1, -0.05) is 6.92 Å². The van der Waals surface area contributed by atoms with Crippen LogP contribution in [0.15, 0.2) is 23.1 Å². The number of hydrogen-bond donors (Lipinski definition) is 1. The molecule has 1 aromatic rings. The predicted molar refractivity (Wildman–Crippen MR) is 66.2 cm³/mol. The lowest BCUT2D eigenvalue weighted by Crippen LogP contribution is -2.29. The Labute approximate surface area is 106 Å². The van der Waals surface area contributed by atoms with Crippen LogP contribution in [0.4, 0.5) is 4.39 Å². The molecule has 0 fully saturated rings. The monoisotopic (exact) mass is 279 g/mol. The zero-order chi connectivity index (χ0) is 13.1. The summed E-state index contributed by atoms with van der Waals surface area (Å²) in [6, 6.07) is 3.59. The minimum atomic E-state index is -3.59. The highest BCUT2D eigenvalue weighted by molar-refractivity contribution is 7.89. The number of aryl methyl sites for hydroxylation is 1. The second kappa shape index (κ2) is 5.80. The lowest BCUT2D eigenvalue weighted by Gasteiger charge is -2.11. The summed E-state index contributed by atoms with van der Waals surface area (Å²) >= 11 is 5.59. The van der Waals surface area contributed by atoms with Crippen LogP contribution in [0, 0.1) is 18.7 Å². The fourth-order valence-corrected chi connectivity index (χ4v) is 2.80. The van der Waals surface area contributed by atoms with Crippen LogP contribution in [-0.2, 0) is 10.0 Å². The number of alkyl halides is 1. The Morgan fingerprint density at radius 1 is 1.47 bits per heavy atom. The van der Waals surface area contributed by atoms with Crippen molar-refractivity contribution in [2.75, 3.05) is 12.4 Å². The standard InChI is InChI=1S/C11H15ClFNO2S/c1-8(6-12)7-14-17(15,16)11-4-3-10(13)5-9(11)2/h3-5,8,14H,6-7H2,1-2H3. The Balaban J connectivity index is 2.90. The molecule has 0 saturated heterocycles. The van der Waals surface area contributed by atoms with Gasteiger partial charge in [0.2, 0.25) is 10.0 Å². The molecule has 6 heteroatoms. The topological polar surface area (TPSA) is 46.2 Å². The third-order valence-electron chi connectivity index (χ3n) is 2.31. The van der Waals surface area contributed by atoms with Crippen molar-refractivity contribution in [2.45, 2.75) is 18.7 Å². The largest absolute Gasteiger partial charge is 0.240 e. The molecule has 0 aromatic heterocycles. The van der Waals surface area contributed by atoms with E-state index in [0.717, 1.165) is 6.07 Å². The van der Waals surface area contributed by atoms with E-state index in [-0.39, 0.29) is 17.4 Å². The van der Waals surface area contributed by atoms with Crippen molar-refractivity contribution < 1.29 is 12.8 Å². The maximum Gasteiger partial charge on any atom is 0.240 e. The highest BCUT2D eigenvalue weighted by Crippen LogP contribution is 2.16. The predicted octanol–water partition coefficient (Wildman–Crippen LogP) is 2.29. The third kappa shape index (κ3) is 3.94. The molecular weight excluding hydrogens is 265 g/mol. The molecule has 0 spiro atoms. The van der Waals surface area contributed by atoms with E-state index >= 15 is 0 Å². The van der Waals surface area contributed by atoms with Gasteiger partial charge in [-0.05, 0) is 36.6 Å². The fourth-order valence-electron chi connectivity index (χ4n) is 1.30. The summed E-state index contributed by atoms with van der Waals surface area (Å²) in [5.74, 6) is -0.0203. The molecule has 0 radical (unpaired) electrons. The summed E-state index contributed by atoms with van der Waals surface area (Å²) in [6.45, 7) is 3.66. The fraction of sp³-hybridized carbons (Fsp3) is 0.455. The average Bonchev–Trinajstić information content (AvgIpc) is 2.25. The van der Waals surface area contributed by atoms with Gasteiger partial charge in [-0.3, -0.25) is 0 Å². The first-order valence-corrected chi connectivity index (χ1v) is 7.20. The van der Waals surface area contributed by atoms with E-state index in [2.05, 4.69) is 4.72 Å². The Bertz CT molecular complexity index is 490. The van der Waals surface area contributed by atoms with Crippen LogP contribution in [0.5, 0.6) is 0 Å². The van der Waals surface area contributed by atoms with Gasteiger partial charge in [0, 0.05) is 12.4 Å². The normalized spacial score (nSPS) is 13.6. The van der Waals surface area contributed by atoms with Gasteiger partial charge in [0.1, 0.15) is 5.82 Å². The molecule has 1 rings (SSSR count). The van der Waals surface area contributed by atoms with Gasteiger partial charge in [0.25, 0.3) is 0 Å². The Kier molecular flexibility index (Phi) is 4.91. The first-order valence-electron chi connectivity index (χ1n) is 5.18. The molecule has 1 N–H and O–H groups in total. The molecule has 0 amide bonds. The van der Waals surface area contributed by atoms with Crippen molar-refractivity contribution in [1.29, 1.82) is 0 Å². The number of nitrogens with one attached hydrogen (secondary N) is 1. The lowest BCUT2D eigenvalue weighted by atomic mass is 10.2. The van der Waals surface area contributed by atoms with E-state index < -0.39 is 15.8 Å². The van der Waals surface area contributed by atoms with Gasteiger partial charge >= 0.3 is 0 Å². The maximum atomic E-state index is 12.9. The van der Waals surface area contributed by atoms with Gasteiger partial charge < -0.3 is 0 Å². The highest BCUT2D eigenvalue weighted by Gasteiger charge is 2.17. The minimum absolute atomic E-state index is 0.0483. The Morgan fingerprint density at radius 3 is 2.65 bits per heavy atom. The second-order valence-electron chi connectivity index (χ2n) is 4.02. The van der Waals surface area contributed by atoms with Crippen LogP contribution in [0.25, 0.3) is 0 Å². The van der Waals surface area contributed by atoms with E-state index in [0.29, 0.717) is 11.4 Å². The van der Waals surface area contributed by atoms with Gasteiger partial charge in [0.15, 0.2) is 0 Å². The Morgan fingerprint density at radius 2 is 2.12 bits per heavy atom. The molecule has 1 unspecified atom stereocenters. The van der Waals surface area contributed by atoms with Crippen molar-refractivity contribution in [3.05, 3.63) is 29.6 Å². The van der Waals surface area contributed by atoms with Crippen LogP contribution in [0.2, 0.25) is 0 Å². The van der Waals surface area contributed by atoms with Gasteiger partial charge in [0.05, 0.1) is 4.90 Å². The number of hydrogen-bond acceptors (Lipinski definition) is 2. The van der Waals surface area contributed by atoms with Crippen molar-refractivity contribution in [1.82, 2.24) is 4.72 Å². The molecule has 0 saturated carbocycles. The lowest BCUT2D eigenvalue weighted by molar-refractivity contribution is 0.560. The summed E-state index contributed by atoms with van der Waals surface area (Å²) < 4.78 is 39.1. The van der Waals surface area contributed by atoms with E-state index in [9.17, 15) is 12.8 Å². The average molecular weight is 280 g/mol. The quantitative estimate of drug-likeness (QED) is 0.841. The molecule has 96 valence electrons. The van der Waals surface area contributed by atoms with Crippen LogP contribution in [-0.4, -0.2) is 20.8 Å². The molecule has 0 aliphatic carbocycles. The zero-order valence-corrected chi connectivity index (χ0v) is 11.3. The van der Waals surface area contributed by atoms with Crippen molar-refractivity contribution in [3.63, 3.8) is 0 Å². The second-order valence-corrected chi connectivity index (χ2v) is 6.07. The minimum Gasteiger partial charge on any atom is -0.211 e. The molecule has 0 aliphatic heterocycles. The summed E-state index contributed by atoms with van der Waals surface area (Å²) in [5, 5.41) is 0. The van der Waals surface area contributed by atoms with Gasteiger partial charge in [-0.15, -0.1) is 11.6 Å².